The molecule has 0 rings (SSSR count). The van der Waals surface area contributed by atoms with Gasteiger partial charge in [0, 0.05) is 0 Å². The van der Waals surface area contributed by atoms with E-state index in [9.17, 15) is 0 Å². The summed E-state index contributed by atoms with van der Waals surface area (Å²) in [4.78, 5) is 0. The van der Waals surface area contributed by atoms with Crippen LogP contribution < -0.4 is 0 Å². The Labute approximate surface area is 109 Å². The summed E-state index contributed by atoms with van der Waals surface area (Å²) in [6.07, 6.45) is 20.3. The second-order valence-corrected chi connectivity index (χ2v) is 5.09. The highest BCUT2D eigenvalue weighted by molar-refractivity contribution is 4.74. The Morgan fingerprint density at radius 2 is 1.12 bits per heavy atom. The molecule has 0 aromatic heterocycles. The molecule has 0 radical (unpaired) electrons. The molecule has 0 aromatic rings. The Kier molecular flexibility index (Phi) is 15.1. The van der Waals surface area contributed by atoms with E-state index in [-0.39, 0.29) is 0 Å². The molecule has 0 nitrogen and oxygen atoms in total. The standard InChI is InChI=1S/C17H32/c1-3-5-7-9-11-13-15-17-16-14-12-10-8-6-4-2/h5H,1,4,6-17H2,2H3. The average Bonchev–Trinajstić information content (AvgIpc) is 2.35. The lowest BCUT2D eigenvalue weighted by molar-refractivity contribution is 0.545. The van der Waals surface area contributed by atoms with E-state index in [0.29, 0.717) is 0 Å². The normalized spacial score (nSPS) is 10.2. The van der Waals surface area contributed by atoms with Crippen molar-refractivity contribution in [3.8, 4) is 0 Å². The van der Waals surface area contributed by atoms with Crippen LogP contribution in [0.4, 0.5) is 0 Å². The smallest absolute Gasteiger partial charge is 0.0275 e. The highest BCUT2D eigenvalue weighted by atomic mass is 14.0. The topological polar surface area (TPSA) is 0 Å². The molecule has 0 heterocycles. The van der Waals surface area contributed by atoms with Crippen LogP contribution in [0.25, 0.3) is 0 Å². The zero-order valence-electron chi connectivity index (χ0n) is 12.0. The third kappa shape index (κ3) is 15.5. The molecule has 0 aromatic carbocycles. The van der Waals surface area contributed by atoms with Gasteiger partial charge in [-0.2, -0.15) is 0 Å². The van der Waals surface area contributed by atoms with Crippen LogP contribution in [0.5, 0.6) is 0 Å². The van der Waals surface area contributed by atoms with Crippen LogP contribution in [-0.2, 0) is 0 Å². The molecule has 0 saturated carbocycles. The van der Waals surface area contributed by atoms with E-state index in [1.807, 2.05) is 0 Å². The van der Waals surface area contributed by atoms with Crippen molar-refractivity contribution >= 4 is 0 Å². The average molecular weight is 236 g/mol. The van der Waals surface area contributed by atoms with E-state index >= 15 is 0 Å². The third-order valence-corrected chi connectivity index (χ3v) is 3.35. The molecule has 0 bridgehead atoms. The minimum Gasteiger partial charge on any atom is -0.133 e. The first-order valence-corrected chi connectivity index (χ1v) is 7.76. The molecule has 0 aliphatic rings. The van der Waals surface area contributed by atoms with Crippen LogP contribution in [0.15, 0.2) is 18.4 Å². The first-order chi connectivity index (χ1) is 8.41. The van der Waals surface area contributed by atoms with E-state index in [1.54, 1.807) is 0 Å². The lowest BCUT2D eigenvalue weighted by Crippen LogP contribution is -1.82. The minimum atomic E-state index is 1.17. The van der Waals surface area contributed by atoms with Gasteiger partial charge in [0.15, 0.2) is 0 Å². The fourth-order valence-electron chi connectivity index (χ4n) is 2.19. The molecule has 0 N–H and O–H groups in total. The summed E-state index contributed by atoms with van der Waals surface area (Å²) in [5.41, 5.74) is 2.83. The Balaban J connectivity index is 2.91. The molecule has 0 atom stereocenters. The summed E-state index contributed by atoms with van der Waals surface area (Å²) in [5, 5.41) is 0. The number of hydrogen-bond donors (Lipinski definition) is 0. The highest BCUT2D eigenvalue weighted by Gasteiger charge is 1.92. The van der Waals surface area contributed by atoms with Crippen molar-refractivity contribution < 1.29 is 0 Å². The number of hydrogen-bond acceptors (Lipinski definition) is 0. The van der Waals surface area contributed by atoms with Crippen molar-refractivity contribution in [1.29, 1.82) is 0 Å². The maximum atomic E-state index is 3.57. The van der Waals surface area contributed by atoms with Gasteiger partial charge in [-0.25, -0.2) is 0 Å². The molecule has 0 unspecified atom stereocenters. The van der Waals surface area contributed by atoms with Crippen LogP contribution >= 0.6 is 0 Å². The fourth-order valence-corrected chi connectivity index (χ4v) is 2.19. The predicted octanol–water partition coefficient (Wildman–Crippen LogP) is 6.42. The van der Waals surface area contributed by atoms with Crippen LogP contribution in [0.2, 0.25) is 0 Å². The molecule has 100 valence electrons. The number of unbranched alkanes of at least 4 members (excludes halogenated alkanes) is 12. The fraction of sp³-hybridized carbons (Fsp3) is 0.824. The van der Waals surface area contributed by atoms with Gasteiger partial charge in [-0.15, -0.1) is 5.73 Å². The molecule has 0 saturated heterocycles. The minimum absolute atomic E-state index is 1.17. The van der Waals surface area contributed by atoms with Gasteiger partial charge in [0.2, 0.25) is 0 Å². The van der Waals surface area contributed by atoms with Gasteiger partial charge in [-0.3, -0.25) is 0 Å². The largest absolute Gasteiger partial charge is 0.133 e. The van der Waals surface area contributed by atoms with Crippen molar-refractivity contribution in [3.05, 3.63) is 18.4 Å². The van der Waals surface area contributed by atoms with E-state index in [1.165, 1.54) is 83.5 Å². The lowest BCUT2D eigenvalue weighted by atomic mass is 10.0. The van der Waals surface area contributed by atoms with Crippen LogP contribution in [-0.4, -0.2) is 0 Å². The van der Waals surface area contributed by atoms with Crippen molar-refractivity contribution in [2.24, 2.45) is 0 Å². The van der Waals surface area contributed by atoms with Gasteiger partial charge in [-0.05, 0) is 18.9 Å². The molecule has 0 spiro atoms. The third-order valence-electron chi connectivity index (χ3n) is 3.35. The summed E-state index contributed by atoms with van der Waals surface area (Å²) < 4.78 is 0. The summed E-state index contributed by atoms with van der Waals surface area (Å²) >= 11 is 0. The van der Waals surface area contributed by atoms with Gasteiger partial charge in [0.05, 0.1) is 0 Å². The molecule has 17 heavy (non-hydrogen) atoms. The summed E-state index contributed by atoms with van der Waals surface area (Å²) in [7, 11) is 0. The van der Waals surface area contributed by atoms with Gasteiger partial charge in [-0.1, -0.05) is 84.1 Å². The molecule has 0 aliphatic heterocycles. The van der Waals surface area contributed by atoms with Crippen molar-refractivity contribution in [2.75, 3.05) is 0 Å². The van der Waals surface area contributed by atoms with Crippen LogP contribution in [0, 0.1) is 0 Å². The van der Waals surface area contributed by atoms with E-state index in [4.69, 9.17) is 0 Å². The van der Waals surface area contributed by atoms with Crippen LogP contribution in [0.3, 0.4) is 0 Å². The van der Waals surface area contributed by atoms with E-state index < -0.39 is 0 Å². The monoisotopic (exact) mass is 236 g/mol. The summed E-state index contributed by atoms with van der Waals surface area (Å²) in [6.45, 7) is 5.86. The first kappa shape index (κ1) is 16.5. The Hall–Kier alpha value is -0.480. The van der Waals surface area contributed by atoms with Gasteiger partial charge in [0.25, 0.3) is 0 Å². The SMILES string of the molecule is C=C=CCCCCCCCCCCCCCC. The van der Waals surface area contributed by atoms with Crippen molar-refractivity contribution in [3.63, 3.8) is 0 Å². The number of allylic oxidation sites excluding steroid dienone is 1. The Morgan fingerprint density at radius 1 is 0.706 bits per heavy atom. The Morgan fingerprint density at radius 3 is 1.53 bits per heavy atom. The molecular formula is C17H32. The quantitative estimate of drug-likeness (QED) is 0.256. The second-order valence-electron chi connectivity index (χ2n) is 5.09. The van der Waals surface area contributed by atoms with E-state index in [2.05, 4.69) is 25.3 Å². The predicted molar refractivity (Wildman–Crippen MR) is 79.4 cm³/mol. The first-order valence-electron chi connectivity index (χ1n) is 7.76. The zero-order valence-corrected chi connectivity index (χ0v) is 12.0. The summed E-state index contributed by atoms with van der Waals surface area (Å²) in [6, 6.07) is 0. The zero-order chi connectivity index (χ0) is 12.6. The Bertz CT molecular complexity index is 174. The van der Waals surface area contributed by atoms with Gasteiger partial charge in [0.1, 0.15) is 0 Å². The molecule has 0 amide bonds. The van der Waals surface area contributed by atoms with E-state index in [0.717, 1.165) is 0 Å². The van der Waals surface area contributed by atoms with Crippen molar-refractivity contribution in [2.45, 2.75) is 90.4 Å². The lowest BCUT2D eigenvalue weighted by Gasteiger charge is -2.02. The maximum absolute atomic E-state index is 3.57. The van der Waals surface area contributed by atoms with Crippen molar-refractivity contribution in [1.82, 2.24) is 0 Å². The molecular weight excluding hydrogens is 204 g/mol. The number of rotatable bonds is 13. The van der Waals surface area contributed by atoms with Gasteiger partial charge >= 0.3 is 0 Å². The second kappa shape index (κ2) is 15.5. The molecule has 0 heteroatoms. The molecule has 0 fully saturated rings. The molecule has 0 aliphatic carbocycles. The highest BCUT2D eigenvalue weighted by Crippen LogP contribution is 2.12. The maximum Gasteiger partial charge on any atom is -0.0275 e. The summed E-state index contributed by atoms with van der Waals surface area (Å²) in [5.74, 6) is 0. The van der Waals surface area contributed by atoms with Crippen LogP contribution in [0.1, 0.15) is 90.4 Å². The van der Waals surface area contributed by atoms with Gasteiger partial charge < -0.3 is 0 Å².